The maximum absolute atomic E-state index is 11.9. The van der Waals surface area contributed by atoms with Gasteiger partial charge in [0.15, 0.2) is 0 Å². The van der Waals surface area contributed by atoms with Gasteiger partial charge in [0.25, 0.3) is 0 Å². The second-order valence-electron chi connectivity index (χ2n) is 2.17. The smallest absolute Gasteiger partial charge is 0.370 e. The van der Waals surface area contributed by atoms with Gasteiger partial charge in [-0.15, -0.1) is 0 Å². The van der Waals surface area contributed by atoms with Crippen LogP contribution < -0.4 is 0 Å². The molecule has 0 aromatic carbocycles. The van der Waals surface area contributed by atoms with Crippen LogP contribution in [0.15, 0.2) is 11.8 Å². The minimum Gasteiger partial charge on any atom is -0.370 e. The topological polar surface area (TPSA) is 3.24 Å². The van der Waals surface area contributed by atoms with Gasteiger partial charge >= 0.3 is 6.18 Å². The normalized spacial score (nSPS) is 19.6. The van der Waals surface area contributed by atoms with Crippen molar-refractivity contribution in [3.05, 3.63) is 18.2 Å². The first-order valence-corrected chi connectivity index (χ1v) is 2.83. The molecule has 1 heterocycles. The van der Waals surface area contributed by atoms with E-state index in [0.29, 0.717) is 6.54 Å². The van der Waals surface area contributed by atoms with Crippen molar-refractivity contribution < 1.29 is 13.2 Å². The molecule has 0 saturated heterocycles. The molecule has 0 N–H and O–H groups in total. The highest BCUT2D eigenvalue weighted by atomic mass is 19.4. The largest absolute Gasteiger partial charge is 0.430 e. The van der Waals surface area contributed by atoms with Crippen LogP contribution in [0.5, 0.6) is 0 Å². The number of alkyl halides is 3. The molecule has 1 aliphatic rings. The van der Waals surface area contributed by atoms with E-state index in [4.69, 9.17) is 0 Å². The van der Waals surface area contributed by atoms with E-state index < -0.39 is 11.9 Å². The second-order valence-corrected chi connectivity index (χ2v) is 2.17. The van der Waals surface area contributed by atoms with E-state index in [1.807, 2.05) is 0 Å². The quantitative estimate of drug-likeness (QED) is 0.506. The molecule has 1 nitrogen and oxygen atoms in total. The molecule has 10 heavy (non-hydrogen) atoms. The number of hydrogen-bond donors (Lipinski definition) is 0. The minimum absolute atomic E-state index is 0.356. The molecule has 0 unspecified atom stereocenters. The third-order valence-electron chi connectivity index (χ3n) is 1.36. The molecule has 0 aromatic rings. The van der Waals surface area contributed by atoms with Gasteiger partial charge < -0.3 is 4.90 Å². The van der Waals surface area contributed by atoms with Gasteiger partial charge in [0.2, 0.25) is 0 Å². The molecule has 0 amide bonds. The lowest BCUT2D eigenvalue weighted by Gasteiger charge is -2.17. The van der Waals surface area contributed by atoms with Crippen LogP contribution in [-0.4, -0.2) is 24.7 Å². The molecule has 0 atom stereocenters. The van der Waals surface area contributed by atoms with E-state index in [2.05, 4.69) is 0 Å². The van der Waals surface area contributed by atoms with Crippen molar-refractivity contribution >= 4 is 0 Å². The summed E-state index contributed by atoms with van der Waals surface area (Å²) in [6.07, 6.45) is -1.61. The summed E-state index contributed by atoms with van der Waals surface area (Å²) in [4.78, 5) is 1.17. The summed E-state index contributed by atoms with van der Waals surface area (Å²) in [6.45, 7) is 0.356. The highest BCUT2D eigenvalue weighted by Crippen LogP contribution is 2.30. The number of halogens is 3. The highest BCUT2D eigenvalue weighted by Gasteiger charge is 2.37. The molecule has 4 heteroatoms. The van der Waals surface area contributed by atoms with Gasteiger partial charge in [-0.2, -0.15) is 13.2 Å². The second kappa shape index (κ2) is 2.18. The average molecular weight is 150 g/mol. The zero-order valence-electron chi connectivity index (χ0n) is 5.44. The van der Waals surface area contributed by atoms with Crippen LogP contribution in [0.1, 0.15) is 0 Å². The van der Waals surface area contributed by atoms with E-state index in [1.54, 1.807) is 0 Å². The van der Waals surface area contributed by atoms with Crippen LogP contribution in [0.25, 0.3) is 0 Å². The zero-order chi connectivity index (χ0) is 7.78. The lowest BCUT2D eigenvalue weighted by molar-refractivity contribution is -0.107. The predicted molar refractivity (Wildman–Crippen MR) is 31.1 cm³/mol. The molecule has 0 bridgehead atoms. The number of rotatable bonds is 0. The number of hydrogen-bond acceptors (Lipinski definition) is 1. The Hall–Kier alpha value is -0.670. The Morgan fingerprint density at radius 2 is 2.10 bits per heavy atom. The van der Waals surface area contributed by atoms with Gasteiger partial charge in [-0.3, -0.25) is 0 Å². The highest BCUT2D eigenvalue weighted by molar-refractivity contribution is 5.19. The molecule has 0 aliphatic carbocycles. The van der Waals surface area contributed by atoms with E-state index in [-0.39, 0.29) is 0 Å². The molecule has 0 saturated carbocycles. The van der Waals surface area contributed by atoms with E-state index >= 15 is 0 Å². The van der Waals surface area contributed by atoms with Crippen molar-refractivity contribution in [3.63, 3.8) is 0 Å². The third kappa shape index (κ3) is 1.25. The molecule has 57 valence electrons. The molecule has 1 aliphatic heterocycles. The van der Waals surface area contributed by atoms with Gasteiger partial charge in [0.05, 0.1) is 0 Å². The van der Waals surface area contributed by atoms with Crippen molar-refractivity contribution in [1.82, 2.24) is 4.90 Å². The minimum atomic E-state index is -4.19. The molecule has 1 radical (unpaired) electrons. The molecular formula is C6H7F3N. The van der Waals surface area contributed by atoms with Crippen molar-refractivity contribution in [1.29, 1.82) is 0 Å². The van der Waals surface area contributed by atoms with E-state index in [0.717, 1.165) is 6.08 Å². The first-order valence-electron chi connectivity index (χ1n) is 2.83. The van der Waals surface area contributed by atoms with Crippen molar-refractivity contribution in [2.45, 2.75) is 6.18 Å². The monoisotopic (exact) mass is 150 g/mol. The first kappa shape index (κ1) is 7.44. The van der Waals surface area contributed by atoms with Crippen molar-refractivity contribution in [2.75, 3.05) is 13.6 Å². The number of nitrogens with zero attached hydrogens (tertiary/aromatic N) is 1. The fraction of sp³-hybridized carbons (Fsp3) is 0.500. The molecule has 0 aromatic heterocycles. The van der Waals surface area contributed by atoms with Crippen LogP contribution in [-0.2, 0) is 0 Å². The summed E-state index contributed by atoms with van der Waals surface area (Å²) in [5, 5.41) is 0. The molecule has 0 fully saturated rings. The van der Waals surface area contributed by atoms with Gasteiger partial charge in [-0.25, -0.2) is 0 Å². The fourth-order valence-corrected chi connectivity index (χ4v) is 0.859. The fourth-order valence-electron chi connectivity index (χ4n) is 0.859. The average Bonchev–Trinajstić information content (AvgIpc) is 2.11. The predicted octanol–water partition coefficient (Wildman–Crippen LogP) is 1.58. The van der Waals surface area contributed by atoms with Gasteiger partial charge in [-0.05, 0) is 0 Å². The van der Waals surface area contributed by atoms with Crippen LogP contribution in [0, 0.1) is 6.42 Å². The lowest BCUT2D eigenvalue weighted by Crippen LogP contribution is -2.24. The van der Waals surface area contributed by atoms with Crippen molar-refractivity contribution in [2.24, 2.45) is 0 Å². The summed E-state index contributed by atoms with van der Waals surface area (Å²) in [6, 6.07) is 0. The van der Waals surface area contributed by atoms with E-state index in [1.165, 1.54) is 18.4 Å². The summed E-state index contributed by atoms with van der Waals surface area (Å²) >= 11 is 0. The Morgan fingerprint density at radius 1 is 1.50 bits per heavy atom. The standard InChI is InChI=1S/C6H7F3N/c1-10-4-2-3-5(10)6(7,8)9/h2-3H,4H2,1H3. The lowest BCUT2D eigenvalue weighted by atomic mass is 10.4. The van der Waals surface area contributed by atoms with Gasteiger partial charge in [0, 0.05) is 20.0 Å². The SMILES string of the molecule is CN1C[CH]C=C1C(F)(F)F. The van der Waals surface area contributed by atoms with Crippen molar-refractivity contribution in [3.8, 4) is 0 Å². The summed E-state index contributed by atoms with van der Waals surface area (Å²) in [7, 11) is 1.42. The Bertz CT molecular complexity index is 159. The Balaban J connectivity index is 2.72. The maximum Gasteiger partial charge on any atom is 0.430 e. The summed E-state index contributed by atoms with van der Waals surface area (Å²) in [5.41, 5.74) is -0.562. The maximum atomic E-state index is 11.9. The van der Waals surface area contributed by atoms with E-state index in [9.17, 15) is 13.2 Å². The third-order valence-corrected chi connectivity index (χ3v) is 1.36. The number of allylic oxidation sites excluding steroid dienone is 1. The van der Waals surface area contributed by atoms with Crippen LogP contribution in [0.2, 0.25) is 0 Å². The van der Waals surface area contributed by atoms with Crippen LogP contribution in [0.4, 0.5) is 13.2 Å². The summed E-state index contributed by atoms with van der Waals surface area (Å²) in [5.74, 6) is 0. The first-order chi connectivity index (χ1) is 4.52. The zero-order valence-corrected chi connectivity index (χ0v) is 5.44. The summed E-state index contributed by atoms with van der Waals surface area (Å²) < 4.78 is 35.6. The molecule has 0 spiro atoms. The molecular weight excluding hydrogens is 143 g/mol. The Morgan fingerprint density at radius 3 is 2.30 bits per heavy atom. The molecule has 1 rings (SSSR count). The van der Waals surface area contributed by atoms with Gasteiger partial charge in [0.1, 0.15) is 5.70 Å². The van der Waals surface area contributed by atoms with Gasteiger partial charge in [-0.1, -0.05) is 6.08 Å². The van der Waals surface area contributed by atoms with Crippen LogP contribution >= 0.6 is 0 Å². The Kier molecular flexibility index (Phi) is 1.62. The van der Waals surface area contributed by atoms with Crippen LogP contribution in [0.3, 0.4) is 0 Å². The Labute approximate surface area is 57.1 Å².